The third-order valence-corrected chi connectivity index (χ3v) is 6.77. The average Bonchev–Trinajstić information content (AvgIpc) is 3.14. The van der Waals surface area contributed by atoms with Crippen molar-refractivity contribution in [3.63, 3.8) is 0 Å². The quantitative estimate of drug-likeness (QED) is 0.684. The zero-order valence-electron chi connectivity index (χ0n) is 16.7. The van der Waals surface area contributed by atoms with E-state index in [0.29, 0.717) is 5.02 Å². The maximum absolute atomic E-state index is 6.35. The van der Waals surface area contributed by atoms with Crippen LogP contribution >= 0.6 is 11.6 Å². The van der Waals surface area contributed by atoms with Gasteiger partial charge in [0, 0.05) is 42.9 Å². The molecule has 0 N–H and O–H groups in total. The molecule has 1 aliphatic carbocycles. The van der Waals surface area contributed by atoms with E-state index in [1.807, 2.05) is 24.5 Å². The molecule has 2 aromatic heterocycles. The first-order chi connectivity index (χ1) is 13.6. The van der Waals surface area contributed by atoms with Crippen LogP contribution in [0.5, 0.6) is 0 Å². The Morgan fingerprint density at radius 3 is 2.79 bits per heavy atom. The van der Waals surface area contributed by atoms with E-state index in [1.54, 1.807) is 6.20 Å². The van der Waals surface area contributed by atoms with Crippen LogP contribution in [-0.4, -0.2) is 40.7 Å². The summed E-state index contributed by atoms with van der Waals surface area (Å²) in [5.41, 5.74) is 2.57. The standard InChI is InChI=1S/C23H30ClN3O/c1-27(17-19-14-20(24)16-25-15-19)12-9-22(21-6-2-5-11-26-21)10-13-28-23(18-22)7-3-4-8-23/h2,5-6,11,14-16H,3-4,7-10,12-13,17-18H2,1H3. The van der Waals surface area contributed by atoms with Crippen LogP contribution < -0.4 is 0 Å². The summed E-state index contributed by atoms with van der Waals surface area (Å²) < 4.78 is 6.35. The van der Waals surface area contributed by atoms with Gasteiger partial charge in [-0.15, -0.1) is 0 Å². The molecule has 2 aliphatic rings. The number of ether oxygens (including phenoxy) is 1. The number of hydrogen-bond acceptors (Lipinski definition) is 4. The molecule has 4 nitrogen and oxygen atoms in total. The van der Waals surface area contributed by atoms with Gasteiger partial charge in [-0.25, -0.2) is 0 Å². The molecule has 3 heterocycles. The Morgan fingerprint density at radius 2 is 2.04 bits per heavy atom. The van der Waals surface area contributed by atoms with Gasteiger partial charge in [-0.05, 0) is 69.5 Å². The number of pyridine rings is 2. The van der Waals surface area contributed by atoms with Crippen LogP contribution in [0.3, 0.4) is 0 Å². The van der Waals surface area contributed by atoms with Crippen LogP contribution in [-0.2, 0) is 16.7 Å². The number of hydrogen-bond donors (Lipinski definition) is 0. The fourth-order valence-corrected chi connectivity index (χ4v) is 5.33. The third-order valence-electron chi connectivity index (χ3n) is 6.56. The van der Waals surface area contributed by atoms with Crippen LogP contribution in [0, 0.1) is 0 Å². The molecule has 1 aliphatic heterocycles. The van der Waals surface area contributed by atoms with Gasteiger partial charge in [0.2, 0.25) is 0 Å². The maximum atomic E-state index is 6.35. The van der Waals surface area contributed by atoms with Gasteiger partial charge in [-0.2, -0.15) is 0 Å². The van der Waals surface area contributed by atoms with Crippen molar-refractivity contribution in [2.45, 2.75) is 62.5 Å². The minimum atomic E-state index is 0.0746. The lowest BCUT2D eigenvalue weighted by Gasteiger charge is -2.47. The van der Waals surface area contributed by atoms with Gasteiger partial charge in [0.05, 0.1) is 10.6 Å². The highest BCUT2D eigenvalue weighted by molar-refractivity contribution is 6.30. The molecule has 1 spiro atoms. The van der Waals surface area contributed by atoms with E-state index < -0.39 is 0 Å². The van der Waals surface area contributed by atoms with Gasteiger partial charge in [0.1, 0.15) is 0 Å². The first-order valence-electron chi connectivity index (χ1n) is 10.4. The Balaban J connectivity index is 1.50. The van der Waals surface area contributed by atoms with Crippen LogP contribution in [0.1, 0.15) is 56.2 Å². The smallest absolute Gasteiger partial charge is 0.0691 e. The highest BCUT2D eigenvalue weighted by atomic mass is 35.5. The van der Waals surface area contributed by atoms with E-state index >= 15 is 0 Å². The maximum Gasteiger partial charge on any atom is 0.0691 e. The van der Waals surface area contributed by atoms with Gasteiger partial charge < -0.3 is 9.64 Å². The summed E-state index contributed by atoms with van der Waals surface area (Å²) in [6, 6.07) is 8.36. The lowest BCUT2D eigenvalue weighted by Crippen LogP contribution is -2.47. The lowest BCUT2D eigenvalue weighted by molar-refractivity contribution is -0.105. The van der Waals surface area contributed by atoms with Crippen molar-refractivity contribution < 1.29 is 4.74 Å². The van der Waals surface area contributed by atoms with Gasteiger partial charge >= 0.3 is 0 Å². The molecule has 1 saturated heterocycles. The molecular weight excluding hydrogens is 370 g/mol. The van der Waals surface area contributed by atoms with Crippen molar-refractivity contribution in [1.82, 2.24) is 14.9 Å². The van der Waals surface area contributed by atoms with Gasteiger partial charge in [0.15, 0.2) is 0 Å². The summed E-state index contributed by atoms with van der Waals surface area (Å²) in [6.07, 6.45) is 13.8. The molecule has 0 amide bonds. The van der Waals surface area contributed by atoms with Crippen LogP contribution in [0.2, 0.25) is 5.02 Å². The highest BCUT2D eigenvalue weighted by Gasteiger charge is 2.48. The Kier molecular flexibility index (Phi) is 6.00. The Hall–Kier alpha value is -1.49. The molecule has 2 aromatic rings. The third kappa shape index (κ3) is 4.40. The van der Waals surface area contributed by atoms with E-state index in [2.05, 4.69) is 29.1 Å². The molecule has 5 heteroatoms. The van der Waals surface area contributed by atoms with E-state index in [0.717, 1.165) is 44.5 Å². The van der Waals surface area contributed by atoms with E-state index in [9.17, 15) is 0 Å². The fourth-order valence-electron chi connectivity index (χ4n) is 5.13. The molecule has 28 heavy (non-hydrogen) atoms. The van der Waals surface area contributed by atoms with Gasteiger partial charge in [0.25, 0.3) is 0 Å². The summed E-state index contributed by atoms with van der Waals surface area (Å²) in [5.74, 6) is 0. The van der Waals surface area contributed by atoms with Crippen LogP contribution in [0.4, 0.5) is 0 Å². The summed E-state index contributed by atoms with van der Waals surface area (Å²) in [4.78, 5) is 11.4. The van der Waals surface area contributed by atoms with E-state index in [1.165, 1.54) is 31.4 Å². The predicted molar refractivity (Wildman–Crippen MR) is 112 cm³/mol. The highest BCUT2D eigenvalue weighted by Crippen LogP contribution is 2.49. The summed E-state index contributed by atoms with van der Waals surface area (Å²) in [5, 5.41) is 0.698. The topological polar surface area (TPSA) is 38.2 Å². The molecule has 0 aromatic carbocycles. The number of nitrogens with zero attached hydrogens (tertiary/aromatic N) is 3. The Morgan fingerprint density at radius 1 is 1.18 bits per heavy atom. The van der Waals surface area contributed by atoms with Crippen molar-refractivity contribution in [3.05, 3.63) is 59.1 Å². The molecule has 1 unspecified atom stereocenters. The number of rotatable bonds is 6. The average molecular weight is 400 g/mol. The largest absolute Gasteiger partial charge is 0.375 e. The zero-order chi connectivity index (χ0) is 19.5. The predicted octanol–water partition coefficient (Wildman–Crippen LogP) is 5.01. The normalized spacial score (nSPS) is 24.1. The van der Waals surface area contributed by atoms with Crippen molar-refractivity contribution >= 4 is 11.6 Å². The van der Waals surface area contributed by atoms with Crippen molar-refractivity contribution in [1.29, 1.82) is 0 Å². The number of halogens is 1. The molecule has 1 saturated carbocycles. The van der Waals surface area contributed by atoms with Crippen molar-refractivity contribution in [3.8, 4) is 0 Å². The van der Waals surface area contributed by atoms with Crippen LogP contribution in [0.25, 0.3) is 0 Å². The first-order valence-corrected chi connectivity index (χ1v) is 10.8. The van der Waals surface area contributed by atoms with Crippen molar-refractivity contribution in [2.24, 2.45) is 0 Å². The summed E-state index contributed by atoms with van der Waals surface area (Å²) >= 11 is 6.10. The zero-order valence-corrected chi connectivity index (χ0v) is 17.5. The summed E-state index contributed by atoms with van der Waals surface area (Å²) in [7, 11) is 2.18. The SMILES string of the molecule is CN(CCC1(c2ccccn2)CCOC2(CCCC2)C1)Cc1cncc(Cl)c1. The van der Waals surface area contributed by atoms with E-state index in [4.69, 9.17) is 21.3 Å². The molecule has 150 valence electrons. The van der Waals surface area contributed by atoms with Crippen molar-refractivity contribution in [2.75, 3.05) is 20.2 Å². The van der Waals surface area contributed by atoms with Crippen LogP contribution in [0.15, 0.2) is 42.9 Å². The van der Waals surface area contributed by atoms with Gasteiger partial charge in [-0.3, -0.25) is 9.97 Å². The summed E-state index contributed by atoms with van der Waals surface area (Å²) in [6.45, 7) is 2.71. The second kappa shape index (κ2) is 8.48. The number of aromatic nitrogens is 2. The Bertz CT molecular complexity index is 778. The molecule has 0 bridgehead atoms. The molecule has 0 radical (unpaired) electrons. The minimum Gasteiger partial charge on any atom is -0.375 e. The minimum absolute atomic E-state index is 0.0746. The van der Waals surface area contributed by atoms with E-state index in [-0.39, 0.29) is 11.0 Å². The molecular formula is C23H30ClN3O. The van der Waals surface area contributed by atoms with Gasteiger partial charge in [-0.1, -0.05) is 30.5 Å². The first kappa shape index (κ1) is 19.8. The fraction of sp³-hybridized carbons (Fsp3) is 0.565. The molecule has 2 fully saturated rings. The monoisotopic (exact) mass is 399 g/mol. The molecule has 4 rings (SSSR count). The Labute approximate surface area is 173 Å². The molecule has 1 atom stereocenters. The second-order valence-corrected chi connectivity index (χ2v) is 9.10. The lowest BCUT2D eigenvalue weighted by atomic mass is 9.68. The second-order valence-electron chi connectivity index (χ2n) is 8.66.